The lowest BCUT2D eigenvalue weighted by atomic mass is 10.2. The molecule has 29 heavy (non-hydrogen) atoms. The summed E-state index contributed by atoms with van der Waals surface area (Å²) < 4.78 is 45.5. The normalized spacial score (nSPS) is 16.7. The SMILES string of the molecule is Cc1cn2c(nc1=O)OC[C@H]2O[C@H](COC(=O)c1ccccc1)COS(C)(=O)=O. The standard InChI is InChI=1S/C18H20N2O8S/c1-12-8-20-15(11-26-18(20)19-16(12)21)28-14(10-27-29(2,23)24)9-25-17(22)13-6-4-3-5-7-13/h3-8,14-15H,9-11H2,1-2H3/t14-,15-/m1/s1. The van der Waals surface area contributed by atoms with Crippen LogP contribution in [0.2, 0.25) is 0 Å². The van der Waals surface area contributed by atoms with Gasteiger partial charge in [-0.05, 0) is 19.1 Å². The average Bonchev–Trinajstić information content (AvgIpc) is 3.05. The fraction of sp³-hybridized carbons (Fsp3) is 0.389. The summed E-state index contributed by atoms with van der Waals surface area (Å²) >= 11 is 0. The average molecular weight is 424 g/mol. The van der Waals surface area contributed by atoms with E-state index in [-0.39, 0.29) is 25.8 Å². The Kier molecular flexibility index (Phi) is 6.30. The molecule has 1 aromatic carbocycles. The van der Waals surface area contributed by atoms with Crippen molar-refractivity contribution in [3.63, 3.8) is 0 Å². The number of fused-ring (bicyclic) bond motifs is 1. The topological polar surface area (TPSA) is 123 Å². The van der Waals surface area contributed by atoms with Gasteiger partial charge in [0, 0.05) is 11.8 Å². The Labute approximate surface area is 167 Å². The lowest BCUT2D eigenvalue weighted by Crippen LogP contribution is -2.31. The monoisotopic (exact) mass is 424 g/mol. The zero-order chi connectivity index (χ0) is 21.0. The Morgan fingerprint density at radius 1 is 1.31 bits per heavy atom. The van der Waals surface area contributed by atoms with Crippen LogP contribution in [0.25, 0.3) is 0 Å². The number of carbonyl (C=O) groups excluding carboxylic acids is 1. The Hall–Kier alpha value is -2.76. The van der Waals surface area contributed by atoms with Gasteiger partial charge in [0.05, 0.1) is 18.4 Å². The molecule has 3 rings (SSSR count). The molecular formula is C18H20N2O8S. The molecule has 1 aliphatic heterocycles. The van der Waals surface area contributed by atoms with Crippen LogP contribution < -0.4 is 10.3 Å². The van der Waals surface area contributed by atoms with E-state index in [0.29, 0.717) is 11.1 Å². The Morgan fingerprint density at radius 3 is 2.72 bits per heavy atom. The van der Waals surface area contributed by atoms with Crippen molar-refractivity contribution in [1.82, 2.24) is 9.55 Å². The van der Waals surface area contributed by atoms with Crippen molar-refractivity contribution < 1.29 is 31.6 Å². The second kappa shape index (κ2) is 8.72. The summed E-state index contributed by atoms with van der Waals surface area (Å²) in [5, 5.41) is 0. The minimum Gasteiger partial charge on any atom is -0.460 e. The number of hydrogen-bond acceptors (Lipinski definition) is 9. The summed E-state index contributed by atoms with van der Waals surface area (Å²) in [5.74, 6) is -0.581. The summed E-state index contributed by atoms with van der Waals surface area (Å²) in [6.07, 6.45) is 0.843. The third-order valence-electron chi connectivity index (χ3n) is 3.98. The van der Waals surface area contributed by atoms with Gasteiger partial charge in [-0.15, -0.1) is 0 Å². The number of carbonyl (C=O) groups is 1. The maximum atomic E-state index is 12.2. The first-order valence-electron chi connectivity index (χ1n) is 8.67. The van der Waals surface area contributed by atoms with Crippen molar-refractivity contribution in [2.75, 3.05) is 26.1 Å². The summed E-state index contributed by atoms with van der Waals surface area (Å²) in [6, 6.07) is 8.44. The van der Waals surface area contributed by atoms with Gasteiger partial charge in [-0.25, -0.2) is 4.79 Å². The number of rotatable bonds is 8. The molecule has 0 saturated carbocycles. The highest BCUT2D eigenvalue weighted by atomic mass is 32.2. The van der Waals surface area contributed by atoms with Gasteiger partial charge in [0.1, 0.15) is 19.3 Å². The molecule has 0 unspecified atom stereocenters. The minimum absolute atomic E-state index is 0.0535. The molecule has 11 heteroatoms. The first kappa shape index (κ1) is 21.0. The van der Waals surface area contributed by atoms with Crippen LogP contribution in [0.5, 0.6) is 6.01 Å². The molecule has 1 aliphatic rings. The van der Waals surface area contributed by atoms with Crippen molar-refractivity contribution in [3.05, 3.63) is 58.0 Å². The van der Waals surface area contributed by atoms with Gasteiger partial charge in [-0.1, -0.05) is 18.2 Å². The molecule has 0 N–H and O–H groups in total. The molecule has 0 radical (unpaired) electrons. The zero-order valence-electron chi connectivity index (χ0n) is 15.8. The minimum atomic E-state index is -3.73. The number of aromatic nitrogens is 2. The van der Waals surface area contributed by atoms with E-state index in [1.54, 1.807) is 37.3 Å². The molecule has 156 valence electrons. The van der Waals surface area contributed by atoms with E-state index in [0.717, 1.165) is 6.26 Å². The second-order valence-corrected chi connectivity index (χ2v) is 8.04. The maximum absolute atomic E-state index is 12.2. The van der Waals surface area contributed by atoms with Crippen molar-refractivity contribution >= 4 is 16.1 Å². The zero-order valence-corrected chi connectivity index (χ0v) is 16.6. The highest BCUT2D eigenvalue weighted by molar-refractivity contribution is 7.85. The predicted octanol–water partition coefficient (Wildman–Crippen LogP) is 0.661. The number of esters is 1. The fourth-order valence-electron chi connectivity index (χ4n) is 2.57. The third-order valence-corrected chi connectivity index (χ3v) is 4.55. The highest BCUT2D eigenvalue weighted by Crippen LogP contribution is 2.25. The fourth-order valence-corrected chi connectivity index (χ4v) is 2.97. The van der Waals surface area contributed by atoms with E-state index in [4.69, 9.17) is 18.4 Å². The van der Waals surface area contributed by atoms with Gasteiger partial charge in [0.15, 0.2) is 6.23 Å². The van der Waals surface area contributed by atoms with E-state index in [2.05, 4.69) is 4.98 Å². The number of ether oxygens (including phenoxy) is 3. The van der Waals surface area contributed by atoms with Gasteiger partial charge < -0.3 is 14.2 Å². The molecule has 0 amide bonds. The number of benzene rings is 1. The van der Waals surface area contributed by atoms with Crippen molar-refractivity contribution in [3.8, 4) is 6.01 Å². The van der Waals surface area contributed by atoms with Gasteiger partial charge >= 0.3 is 12.0 Å². The lowest BCUT2D eigenvalue weighted by Gasteiger charge is -2.22. The molecule has 2 aromatic rings. The summed E-state index contributed by atoms with van der Waals surface area (Å²) in [7, 11) is -3.73. The van der Waals surface area contributed by atoms with E-state index >= 15 is 0 Å². The lowest BCUT2D eigenvalue weighted by molar-refractivity contribution is -0.0909. The Bertz CT molecular complexity index is 1040. The smallest absolute Gasteiger partial charge is 0.338 e. The highest BCUT2D eigenvalue weighted by Gasteiger charge is 2.29. The van der Waals surface area contributed by atoms with E-state index in [9.17, 15) is 18.0 Å². The van der Waals surface area contributed by atoms with Gasteiger partial charge in [0.25, 0.3) is 15.7 Å². The van der Waals surface area contributed by atoms with Gasteiger partial charge in [-0.3, -0.25) is 13.5 Å². The Morgan fingerprint density at radius 2 is 2.03 bits per heavy atom. The summed E-state index contributed by atoms with van der Waals surface area (Å²) in [4.78, 5) is 27.6. The molecule has 0 spiro atoms. The van der Waals surface area contributed by atoms with Crippen LogP contribution in [0.3, 0.4) is 0 Å². The first-order chi connectivity index (χ1) is 13.7. The molecule has 10 nitrogen and oxygen atoms in total. The predicted molar refractivity (Wildman–Crippen MR) is 100 cm³/mol. The molecule has 0 aliphatic carbocycles. The van der Waals surface area contributed by atoms with E-state index in [1.165, 1.54) is 10.8 Å². The van der Waals surface area contributed by atoms with Crippen molar-refractivity contribution in [1.29, 1.82) is 0 Å². The van der Waals surface area contributed by atoms with Crippen molar-refractivity contribution in [2.45, 2.75) is 19.3 Å². The molecule has 0 saturated heterocycles. The van der Waals surface area contributed by atoms with Crippen LogP contribution in [0.4, 0.5) is 0 Å². The number of nitrogens with zero attached hydrogens (tertiary/aromatic N) is 2. The van der Waals surface area contributed by atoms with E-state index in [1.807, 2.05) is 0 Å². The van der Waals surface area contributed by atoms with Gasteiger partial charge in [0.2, 0.25) is 0 Å². The molecule has 0 fully saturated rings. The third kappa shape index (κ3) is 5.62. The largest absolute Gasteiger partial charge is 0.460 e. The molecular weight excluding hydrogens is 404 g/mol. The number of aryl methyl sites for hydroxylation is 1. The van der Waals surface area contributed by atoms with E-state index < -0.39 is 34.0 Å². The van der Waals surface area contributed by atoms with Crippen LogP contribution in [0, 0.1) is 6.92 Å². The maximum Gasteiger partial charge on any atom is 0.338 e. The van der Waals surface area contributed by atoms with Crippen LogP contribution in [0.1, 0.15) is 22.1 Å². The van der Waals surface area contributed by atoms with Gasteiger partial charge in [-0.2, -0.15) is 13.4 Å². The quantitative estimate of drug-likeness (QED) is 0.444. The summed E-state index contributed by atoms with van der Waals surface area (Å²) in [6.45, 7) is 1.04. The first-order valence-corrected chi connectivity index (χ1v) is 10.5. The van der Waals surface area contributed by atoms with Crippen molar-refractivity contribution in [2.24, 2.45) is 0 Å². The van der Waals surface area contributed by atoms with Crippen LogP contribution >= 0.6 is 0 Å². The Balaban J connectivity index is 1.70. The molecule has 2 atom stereocenters. The van der Waals surface area contributed by atoms with Crippen LogP contribution in [-0.4, -0.2) is 56.1 Å². The second-order valence-electron chi connectivity index (χ2n) is 6.40. The molecule has 1 aromatic heterocycles. The van der Waals surface area contributed by atoms with Crippen LogP contribution in [-0.2, 0) is 23.8 Å². The van der Waals surface area contributed by atoms with Crippen LogP contribution in [0.15, 0.2) is 41.3 Å². The summed E-state index contributed by atoms with van der Waals surface area (Å²) in [5.41, 5.74) is 0.333. The molecule has 2 heterocycles. The molecule has 0 bridgehead atoms. The number of hydrogen-bond donors (Lipinski definition) is 0.